The van der Waals surface area contributed by atoms with Crippen LogP contribution in [0.15, 0.2) is 29.9 Å². The molecule has 1 saturated heterocycles. The first-order valence-corrected chi connectivity index (χ1v) is 8.63. The molecule has 120 valence electrons. The third-order valence-corrected chi connectivity index (χ3v) is 5.00. The summed E-state index contributed by atoms with van der Waals surface area (Å²) in [6, 6.07) is 6.58. The van der Waals surface area contributed by atoms with Gasteiger partial charge in [0.25, 0.3) is 0 Å². The number of nitrogens with zero attached hydrogens (tertiary/aromatic N) is 5. The number of nitrogens with two attached hydrogens (primary N) is 1. The Hall–Kier alpha value is -2.19. The zero-order chi connectivity index (χ0) is 15.6. The first-order chi connectivity index (χ1) is 11.3. The molecular weight excluding hydrogens is 310 g/mol. The molecule has 0 spiro atoms. The summed E-state index contributed by atoms with van der Waals surface area (Å²) in [7, 11) is 0. The Morgan fingerprint density at radius 3 is 3.26 bits per heavy atom. The van der Waals surface area contributed by atoms with Crippen LogP contribution >= 0.6 is 11.3 Å². The van der Waals surface area contributed by atoms with Crippen LogP contribution in [0.3, 0.4) is 0 Å². The molecule has 0 radical (unpaired) electrons. The van der Waals surface area contributed by atoms with E-state index in [-0.39, 0.29) is 0 Å². The summed E-state index contributed by atoms with van der Waals surface area (Å²) in [5.41, 5.74) is 6.66. The fraction of sp³-hybridized carbons (Fsp3) is 0.400. The van der Waals surface area contributed by atoms with E-state index in [1.54, 1.807) is 10.7 Å². The number of fused-ring (bicyclic) bond motifs is 1. The molecule has 0 aliphatic carbocycles. The average molecular weight is 329 g/mol. The largest absolute Gasteiger partial charge is 0.369 e. The Morgan fingerprint density at radius 2 is 2.39 bits per heavy atom. The van der Waals surface area contributed by atoms with Gasteiger partial charge in [0.05, 0.1) is 0 Å². The van der Waals surface area contributed by atoms with Gasteiger partial charge in [-0.25, -0.2) is 0 Å². The van der Waals surface area contributed by atoms with Crippen LogP contribution in [-0.2, 0) is 6.54 Å². The zero-order valence-electron chi connectivity index (χ0n) is 12.7. The number of aromatic nitrogens is 4. The summed E-state index contributed by atoms with van der Waals surface area (Å²) in [5.74, 6) is 1.17. The van der Waals surface area contributed by atoms with Crippen LogP contribution in [0.25, 0.3) is 5.65 Å². The van der Waals surface area contributed by atoms with E-state index >= 15 is 0 Å². The molecule has 1 unspecified atom stereocenters. The lowest BCUT2D eigenvalue weighted by Crippen LogP contribution is -2.41. The smallest absolute Gasteiger partial charge is 0.209 e. The number of hydrogen-bond acceptors (Lipinski definition) is 7. The second-order valence-corrected chi connectivity index (χ2v) is 6.89. The molecule has 0 amide bonds. The summed E-state index contributed by atoms with van der Waals surface area (Å²) in [6.45, 7) is 3.18. The van der Waals surface area contributed by atoms with E-state index in [2.05, 4.69) is 42.9 Å². The minimum absolute atomic E-state index is 0.376. The van der Waals surface area contributed by atoms with Crippen LogP contribution in [-0.4, -0.2) is 43.6 Å². The molecule has 7 nitrogen and oxygen atoms in total. The molecule has 3 aromatic rings. The van der Waals surface area contributed by atoms with Crippen molar-refractivity contribution < 1.29 is 0 Å². The highest BCUT2D eigenvalue weighted by atomic mass is 32.1. The van der Waals surface area contributed by atoms with E-state index in [0.29, 0.717) is 17.6 Å². The van der Waals surface area contributed by atoms with E-state index in [1.165, 1.54) is 11.3 Å². The van der Waals surface area contributed by atoms with Gasteiger partial charge in [0.15, 0.2) is 5.65 Å². The molecule has 23 heavy (non-hydrogen) atoms. The average Bonchev–Trinajstić information content (AvgIpc) is 3.19. The highest BCUT2D eigenvalue weighted by Gasteiger charge is 2.20. The first kappa shape index (κ1) is 14.4. The number of piperidine rings is 1. The third kappa shape index (κ3) is 3.13. The molecule has 0 saturated carbocycles. The highest BCUT2D eigenvalue weighted by molar-refractivity contribution is 7.09. The van der Waals surface area contributed by atoms with Crippen molar-refractivity contribution in [3.8, 4) is 0 Å². The minimum atomic E-state index is 0.376. The van der Waals surface area contributed by atoms with Crippen LogP contribution in [0, 0.1) is 0 Å². The Balaban J connectivity index is 1.44. The fourth-order valence-corrected chi connectivity index (χ4v) is 3.82. The Labute approximate surface area is 138 Å². The van der Waals surface area contributed by atoms with E-state index in [9.17, 15) is 0 Å². The van der Waals surface area contributed by atoms with Gasteiger partial charge in [-0.05, 0) is 30.8 Å². The molecular formula is C15H19N7S. The van der Waals surface area contributed by atoms with Crippen molar-refractivity contribution in [2.24, 2.45) is 0 Å². The van der Waals surface area contributed by atoms with Crippen molar-refractivity contribution in [3.63, 3.8) is 0 Å². The third-order valence-electron chi connectivity index (χ3n) is 4.14. The molecule has 3 N–H and O–H groups in total. The number of thiophene rings is 1. The lowest BCUT2D eigenvalue weighted by atomic mass is 10.1. The highest BCUT2D eigenvalue weighted by Crippen LogP contribution is 2.20. The van der Waals surface area contributed by atoms with Crippen molar-refractivity contribution in [3.05, 3.63) is 34.8 Å². The molecule has 1 aliphatic heterocycles. The number of anilines is 2. The van der Waals surface area contributed by atoms with Gasteiger partial charge in [0.1, 0.15) is 12.1 Å². The zero-order valence-corrected chi connectivity index (χ0v) is 13.5. The van der Waals surface area contributed by atoms with Crippen molar-refractivity contribution in [1.82, 2.24) is 24.5 Å². The van der Waals surface area contributed by atoms with Gasteiger partial charge in [-0.15, -0.1) is 21.5 Å². The van der Waals surface area contributed by atoms with Crippen molar-refractivity contribution in [2.45, 2.75) is 25.4 Å². The maximum absolute atomic E-state index is 5.95. The van der Waals surface area contributed by atoms with E-state index in [1.807, 2.05) is 17.4 Å². The van der Waals surface area contributed by atoms with Gasteiger partial charge in [-0.2, -0.15) is 4.98 Å². The van der Waals surface area contributed by atoms with Gasteiger partial charge in [0.2, 0.25) is 5.95 Å². The Kier molecular flexibility index (Phi) is 3.84. The van der Waals surface area contributed by atoms with Crippen LogP contribution in [0.2, 0.25) is 0 Å². The lowest BCUT2D eigenvalue weighted by molar-refractivity contribution is 0.210. The van der Waals surface area contributed by atoms with Gasteiger partial charge in [-0.3, -0.25) is 9.30 Å². The first-order valence-electron chi connectivity index (χ1n) is 7.75. The maximum Gasteiger partial charge on any atom is 0.209 e. The minimum Gasteiger partial charge on any atom is -0.369 e. The van der Waals surface area contributed by atoms with Gasteiger partial charge in [-0.1, -0.05) is 6.07 Å². The van der Waals surface area contributed by atoms with E-state index in [0.717, 1.165) is 31.9 Å². The standard InChI is InChI=1S/C15H19N7S/c16-15-19-13(7-14-20-17-10-22(14)15)18-11-3-1-5-21(8-11)9-12-4-2-6-23-12/h2,4,6-7,10-11,18H,1,3,5,8-9H2,(H2,16,19). The molecule has 0 aromatic carbocycles. The quantitative estimate of drug-likeness (QED) is 0.760. The molecule has 8 heteroatoms. The van der Waals surface area contributed by atoms with Gasteiger partial charge in [0, 0.05) is 30.1 Å². The number of hydrogen-bond donors (Lipinski definition) is 2. The number of nitrogen functional groups attached to an aromatic ring is 1. The summed E-state index contributed by atoms with van der Waals surface area (Å²) in [4.78, 5) is 8.31. The predicted octanol–water partition coefficient (Wildman–Crippen LogP) is 1.84. The summed E-state index contributed by atoms with van der Waals surface area (Å²) >= 11 is 1.82. The second-order valence-electron chi connectivity index (χ2n) is 5.86. The number of rotatable bonds is 4. The summed E-state index contributed by atoms with van der Waals surface area (Å²) in [6.07, 6.45) is 3.90. The monoisotopic (exact) mass is 329 g/mol. The van der Waals surface area contributed by atoms with Crippen molar-refractivity contribution >= 4 is 28.8 Å². The Bertz CT molecular complexity index is 782. The SMILES string of the molecule is Nc1nc(NC2CCCN(Cc3cccs3)C2)cc2nncn12. The molecule has 1 atom stereocenters. The fourth-order valence-electron chi connectivity index (χ4n) is 3.07. The van der Waals surface area contributed by atoms with E-state index in [4.69, 9.17) is 5.73 Å². The normalized spacial score (nSPS) is 19.2. The van der Waals surface area contributed by atoms with Crippen LogP contribution < -0.4 is 11.1 Å². The molecule has 1 aliphatic rings. The van der Waals surface area contributed by atoms with Crippen LogP contribution in [0.1, 0.15) is 17.7 Å². The maximum atomic E-state index is 5.95. The summed E-state index contributed by atoms with van der Waals surface area (Å²) < 4.78 is 1.68. The molecule has 4 rings (SSSR count). The van der Waals surface area contributed by atoms with Crippen molar-refractivity contribution in [2.75, 3.05) is 24.1 Å². The van der Waals surface area contributed by atoms with Crippen molar-refractivity contribution in [1.29, 1.82) is 0 Å². The second kappa shape index (κ2) is 6.13. The molecule has 1 fully saturated rings. The molecule has 4 heterocycles. The topological polar surface area (TPSA) is 84.4 Å². The molecule has 0 bridgehead atoms. The summed E-state index contributed by atoms with van der Waals surface area (Å²) in [5, 5.41) is 13.5. The lowest BCUT2D eigenvalue weighted by Gasteiger charge is -2.33. The van der Waals surface area contributed by atoms with Gasteiger partial charge >= 0.3 is 0 Å². The predicted molar refractivity (Wildman–Crippen MR) is 91.4 cm³/mol. The number of likely N-dealkylation sites (tertiary alicyclic amines) is 1. The van der Waals surface area contributed by atoms with Crippen LogP contribution in [0.5, 0.6) is 0 Å². The van der Waals surface area contributed by atoms with Gasteiger partial charge < -0.3 is 11.1 Å². The van der Waals surface area contributed by atoms with E-state index < -0.39 is 0 Å². The number of nitrogens with one attached hydrogen (secondary N) is 1. The Morgan fingerprint density at radius 1 is 1.43 bits per heavy atom. The van der Waals surface area contributed by atoms with Crippen LogP contribution in [0.4, 0.5) is 11.8 Å². The molecule has 3 aromatic heterocycles.